The van der Waals surface area contributed by atoms with E-state index in [-0.39, 0.29) is 5.91 Å². The van der Waals surface area contributed by atoms with E-state index in [0.29, 0.717) is 29.8 Å². The van der Waals surface area contributed by atoms with Gasteiger partial charge in [0.1, 0.15) is 23.9 Å². The highest BCUT2D eigenvalue weighted by Crippen LogP contribution is 2.47. The van der Waals surface area contributed by atoms with Crippen molar-refractivity contribution in [2.75, 3.05) is 0 Å². The van der Waals surface area contributed by atoms with Gasteiger partial charge >= 0.3 is 0 Å². The molecular weight excluding hydrogens is 352 g/mol. The van der Waals surface area contributed by atoms with Crippen LogP contribution < -0.4 is 10.2 Å². The first-order valence-electron chi connectivity index (χ1n) is 9.39. The third kappa shape index (κ3) is 4.49. The van der Waals surface area contributed by atoms with Gasteiger partial charge in [0, 0.05) is 11.5 Å². The van der Waals surface area contributed by atoms with E-state index < -0.39 is 0 Å². The number of furan rings is 1. The number of carbonyl (C=O) groups excluding carboxylic acids is 1. The molecule has 1 fully saturated rings. The minimum absolute atomic E-state index is 0.269. The number of para-hydroxylation sites is 1. The van der Waals surface area contributed by atoms with Crippen molar-refractivity contribution in [2.24, 2.45) is 11.0 Å². The van der Waals surface area contributed by atoms with Crippen LogP contribution in [0.5, 0.6) is 5.75 Å². The van der Waals surface area contributed by atoms with Crippen molar-refractivity contribution >= 4 is 12.1 Å². The second-order valence-electron chi connectivity index (χ2n) is 7.06. The van der Waals surface area contributed by atoms with Gasteiger partial charge in [0.05, 0.1) is 6.21 Å². The predicted molar refractivity (Wildman–Crippen MR) is 108 cm³/mol. The van der Waals surface area contributed by atoms with Crippen LogP contribution >= 0.6 is 0 Å². The molecule has 28 heavy (non-hydrogen) atoms. The third-order valence-corrected chi connectivity index (χ3v) is 4.85. The summed E-state index contributed by atoms with van der Waals surface area (Å²) in [6, 6.07) is 20.7. The Kier molecular flexibility index (Phi) is 5.24. The molecule has 1 aliphatic carbocycles. The van der Waals surface area contributed by atoms with Crippen molar-refractivity contribution in [1.82, 2.24) is 5.43 Å². The first-order valence-corrected chi connectivity index (χ1v) is 9.39. The van der Waals surface area contributed by atoms with E-state index in [0.717, 1.165) is 17.1 Å². The number of hydrogen-bond donors (Lipinski definition) is 1. The normalized spacial score (nSPS) is 18.2. The molecule has 0 spiro atoms. The van der Waals surface area contributed by atoms with Gasteiger partial charge in [-0.25, -0.2) is 5.43 Å². The molecule has 1 heterocycles. The van der Waals surface area contributed by atoms with Crippen molar-refractivity contribution in [3.8, 4) is 5.75 Å². The summed E-state index contributed by atoms with van der Waals surface area (Å²) in [4.78, 5) is 12.2. The number of carbonyl (C=O) groups is 1. The van der Waals surface area contributed by atoms with E-state index >= 15 is 0 Å². The van der Waals surface area contributed by atoms with Gasteiger partial charge in [0.25, 0.3) is 5.91 Å². The monoisotopic (exact) mass is 374 g/mol. The summed E-state index contributed by atoms with van der Waals surface area (Å²) in [5.74, 6) is 3.40. The first-order chi connectivity index (χ1) is 13.7. The zero-order valence-electron chi connectivity index (χ0n) is 15.7. The van der Waals surface area contributed by atoms with Crippen molar-refractivity contribution in [3.05, 3.63) is 89.4 Å². The van der Waals surface area contributed by atoms with Crippen LogP contribution in [-0.2, 0) is 6.61 Å². The predicted octanol–water partition coefficient (Wildman–Crippen LogP) is 4.75. The quantitative estimate of drug-likeness (QED) is 0.480. The topological polar surface area (TPSA) is 63.8 Å². The van der Waals surface area contributed by atoms with Gasteiger partial charge < -0.3 is 9.15 Å². The molecule has 1 aliphatic rings. The SMILES string of the molecule is C[C@H]1C[C@H]1c1ccc(/C=N\NC(=O)c2ccc(COc3ccccc3)cc2)o1. The Balaban J connectivity index is 1.28. The van der Waals surface area contributed by atoms with E-state index in [1.165, 1.54) is 12.6 Å². The molecule has 2 atom stereocenters. The zero-order valence-corrected chi connectivity index (χ0v) is 15.7. The zero-order chi connectivity index (χ0) is 19.3. The molecule has 0 unspecified atom stereocenters. The Hall–Kier alpha value is -3.34. The Morgan fingerprint density at radius 3 is 2.61 bits per heavy atom. The number of hydrazone groups is 1. The number of rotatable bonds is 7. The molecule has 1 amide bonds. The molecule has 5 heteroatoms. The number of amides is 1. The van der Waals surface area contributed by atoms with Gasteiger partial charge in [-0.2, -0.15) is 5.10 Å². The van der Waals surface area contributed by atoms with Gasteiger partial charge in [-0.05, 0) is 54.3 Å². The average molecular weight is 374 g/mol. The number of benzene rings is 2. The van der Waals surface area contributed by atoms with Crippen LogP contribution in [0.2, 0.25) is 0 Å². The largest absolute Gasteiger partial charge is 0.489 e. The summed E-state index contributed by atoms with van der Waals surface area (Å²) in [7, 11) is 0. The molecule has 5 nitrogen and oxygen atoms in total. The van der Waals surface area contributed by atoms with E-state index in [2.05, 4.69) is 17.5 Å². The van der Waals surface area contributed by atoms with E-state index in [4.69, 9.17) is 9.15 Å². The van der Waals surface area contributed by atoms with E-state index in [1.54, 1.807) is 12.1 Å². The Bertz CT molecular complexity index is 961. The maximum absolute atomic E-state index is 12.2. The Morgan fingerprint density at radius 2 is 1.89 bits per heavy atom. The van der Waals surface area contributed by atoms with Crippen molar-refractivity contribution in [3.63, 3.8) is 0 Å². The highest BCUT2D eigenvalue weighted by molar-refractivity contribution is 5.94. The smallest absolute Gasteiger partial charge is 0.271 e. The van der Waals surface area contributed by atoms with Crippen LogP contribution in [0.1, 0.15) is 46.7 Å². The molecule has 1 aromatic heterocycles. The van der Waals surface area contributed by atoms with E-state index in [9.17, 15) is 4.79 Å². The fourth-order valence-corrected chi connectivity index (χ4v) is 3.01. The molecule has 1 N–H and O–H groups in total. The molecule has 4 rings (SSSR count). The van der Waals surface area contributed by atoms with Crippen LogP contribution in [-0.4, -0.2) is 12.1 Å². The van der Waals surface area contributed by atoms with Gasteiger partial charge in [0.15, 0.2) is 0 Å². The summed E-state index contributed by atoms with van der Waals surface area (Å²) in [5, 5.41) is 3.99. The second-order valence-corrected chi connectivity index (χ2v) is 7.06. The maximum atomic E-state index is 12.2. The molecule has 1 saturated carbocycles. The van der Waals surface area contributed by atoms with Crippen LogP contribution in [0.15, 0.2) is 76.2 Å². The minimum Gasteiger partial charge on any atom is -0.489 e. The fraction of sp³-hybridized carbons (Fsp3) is 0.217. The van der Waals surface area contributed by atoms with Gasteiger partial charge in [-0.1, -0.05) is 37.3 Å². The molecule has 0 bridgehead atoms. The maximum Gasteiger partial charge on any atom is 0.271 e. The fourth-order valence-electron chi connectivity index (χ4n) is 3.01. The van der Waals surface area contributed by atoms with Gasteiger partial charge in [-0.3, -0.25) is 4.79 Å². The lowest BCUT2D eigenvalue weighted by Gasteiger charge is -2.06. The van der Waals surface area contributed by atoms with Crippen LogP contribution in [0, 0.1) is 5.92 Å². The van der Waals surface area contributed by atoms with Crippen molar-refractivity contribution in [2.45, 2.75) is 25.9 Å². The van der Waals surface area contributed by atoms with Gasteiger partial charge in [0.2, 0.25) is 0 Å². The molecule has 3 aromatic rings. The molecule has 0 aliphatic heterocycles. The Labute approximate surface area is 164 Å². The molecule has 0 saturated heterocycles. The average Bonchev–Trinajstić information content (AvgIpc) is 3.27. The van der Waals surface area contributed by atoms with E-state index in [1.807, 2.05) is 54.6 Å². The molecular formula is C23H22N2O3. The van der Waals surface area contributed by atoms with Gasteiger partial charge in [-0.15, -0.1) is 0 Å². The highest BCUT2D eigenvalue weighted by Gasteiger charge is 2.36. The molecule has 142 valence electrons. The number of nitrogens with one attached hydrogen (secondary N) is 1. The lowest BCUT2D eigenvalue weighted by atomic mass is 10.1. The lowest BCUT2D eigenvalue weighted by Crippen LogP contribution is -2.17. The first kappa shape index (κ1) is 18.0. The summed E-state index contributed by atoms with van der Waals surface area (Å²) in [5.41, 5.74) is 4.05. The summed E-state index contributed by atoms with van der Waals surface area (Å²) < 4.78 is 11.4. The third-order valence-electron chi connectivity index (χ3n) is 4.85. The van der Waals surface area contributed by atoms with Crippen LogP contribution in [0.25, 0.3) is 0 Å². The van der Waals surface area contributed by atoms with Crippen LogP contribution in [0.3, 0.4) is 0 Å². The van der Waals surface area contributed by atoms with Crippen LogP contribution in [0.4, 0.5) is 0 Å². The van der Waals surface area contributed by atoms with Crippen molar-refractivity contribution < 1.29 is 13.9 Å². The number of nitrogens with zero attached hydrogens (tertiary/aromatic N) is 1. The molecule has 2 aromatic carbocycles. The summed E-state index contributed by atoms with van der Waals surface area (Å²) >= 11 is 0. The molecule has 0 radical (unpaired) electrons. The standard InChI is InChI=1S/C23H22N2O3/c1-16-13-21(16)22-12-11-20(28-22)14-24-25-23(26)18-9-7-17(8-10-18)15-27-19-5-3-2-4-6-19/h2-12,14,16,21H,13,15H2,1H3,(H,25,26)/b24-14-/t16-,21+/m0/s1. The number of ether oxygens (including phenoxy) is 1. The second kappa shape index (κ2) is 8.13. The lowest BCUT2D eigenvalue weighted by molar-refractivity contribution is 0.0955. The highest BCUT2D eigenvalue weighted by atomic mass is 16.5. The van der Waals surface area contributed by atoms with Crippen molar-refractivity contribution in [1.29, 1.82) is 0 Å². The Morgan fingerprint density at radius 1 is 1.14 bits per heavy atom. The minimum atomic E-state index is -0.269. The summed E-state index contributed by atoms with van der Waals surface area (Å²) in [6.45, 7) is 2.66. The number of hydrogen-bond acceptors (Lipinski definition) is 4. The summed E-state index contributed by atoms with van der Waals surface area (Å²) in [6.07, 6.45) is 2.70.